The summed E-state index contributed by atoms with van der Waals surface area (Å²) in [4.78, 5) is 14.1. The molecule has 0 saturated carbocycles. The number of rotatable bonds is 6. The second kappa shape index (κ2) is 6.14. The first-order valence-electron chi connectivity index (χ1n) is 7.98. The first-order valence-corrected chi connectivity index (χ1v) is 7.98. The van der Waals surface area contributed by atoms with Crippen LogP contribution in [0.25, 0.3) is 0 Å². The maximum Gasteiger partial charge on any atom is 0.415 e. The normalized spacial score (nSPS) is 18.3. The molecule has 2 aromatic heterocycles. The Morgan fingerprint density at radius 3 is 2.88 bits per heavy atom. The van der Waals surface area contributed by atoms with E-state index in [0.717, 1.165) is 5.75 Å². The van der Waals surface area contributed by atoms with E-state index in [4.69, 9.17) is 9.47 Å². The molecule has 1 unspecified atom stereocenters. The maximum atomic E-state index is 10.8. The average molecular weight is 356 g/mol. The molecule has 1 aliphatic rings. The van der Waals surface area contributed by atoms with Crippen LogP contribution in [0.2, 0.25) is 0 Å². The van der Waals surface area contributed by atoms with E-state index in [1.54, 1.807) is 15.4 Å². The number of nitrogens with zero attached hydrogens (tertiary/aromatic N) is 6. The average Bonchev–Trinajstić information content (AvgIpc) is 3.27. The Morgan fingerprint density at radius 1 is 1.35 bits per heavy atom. The lowest BCUT2D eigenvalue weighted by atomic mass is 10.1. The molecule has 1 atom stereocenters. The van der Waals surface area contributed by atoms with Gasteiger partial charge in [0.25, 0.3) is 0 Å². The largest absolute Gasteiger partial charge is 0.487 e. The van der Waals surface area contributed by atoms with E-state index in [1.807, 2.05) is 37.3 Å². The van der Waals surface area contributed by atoms with Crippen molar-refractivity contribution in [3.05, 3.63) is 58.5 Å². The second-order valence-electron chi connectivity index (χ2n) is 6.33. The van der Waals surface area contributed by atoms with Crippen molar-refractivity contribution in [2.45, 2.75) is 32.2 Å². The molecule has 0 saturated heterocycles. The van der Waals surface area contributed by atoms with Crippen LogP contribution in [0.1, 0.15) is 12.6 Å². The zero-order valence-electron chi connectivity index (χ0n) is 14.0. The number of hydrogen-bond donors (Lipinski definition) is 0. The molecule has 3 heterocycles. The molecule has 0 amide bonds. The lowest BCUT2D eigenvalue weighted by Gasteiger charge is -2.21. The van der Waals surface area contributed by atoms with Crippen molar-refractivity contribution in [3.63, 3.8) is 0 Å². The van der Waals surface area contributed by atoms with Gasteiger partial charge in [0.1, 0.15) is 29.8 Å². The molecular weight excluding hydrogens is 340 g/mol. The highest BCUT2D eigenvalue weighted by molar-refractivity contribution is 5.24. The first-order chi connectivity index (χ1) is 12.5. The van der Waals surface area contributed by atoms with Crippen molar-refractivity contribution in [2.24, 2.45) is 0 Å². The van der Waals surface area contributed by atoms with E-state index in [9.17, 15) is 10.1 Å². The van der Waals surface area contributed by atoms with Crippen molar-refractivity contribution in [1.82, 2.24) is 24.5 Å². The fourth-order valence-corrected chi connectivity index (χ4v) is 2.86. The SMILES string of the molecule is CC1(Cn2cc(COc3ccccc3)nn2)Cn2cc([N+](=O)[O-])nc2O1. The molecule has 10 heteroatoms. The molecule has 3 aromatic rings. The van der Waals surface area contributed by atoms with Crippen molar-refractivity contribution >= 4 is 5.82 Å². The predicted octanol–water partition coefficient (Wildman–Crippen LogP) is 1.81. The zero-order valence-corrected chi connectivity index (χ0v) is 14.0. The van der Waals surface area contributed by atoms with Crippen molar-refractivity contribution in [3.8, 4) is 11.8 Å². The molecule has 0 radical (unpaired) electrons. The van der Waals surface area contributed by atoms with E-state index >= 15 is 0 Å². The van der Waals surface area contributed by atoms with Crippen LogP contribution in [-0.4, -0.2) is 35.1 Å². The molecule has 1 aromatic carbocycles. The van der Waals surface area contributed by atoms with Gasteiger partial charge in [-0.1, -0.05) is 23.4 Å². The molecule has 0 aliphatic carbocycles. The van der Waals surface area contributed by atoms with E-state index < -0.39 is 10.5 Å². The van der Waals surface area contributed by atoms with Gasteiger partial charge in [0, 0.05) is 4.98 Å². The smallest absolute Gasteiger partial charge is 0.415 e. The van der Waals surface area contributed by atoms with Gasteiger partial charge in [-0.05, 0) is 24.0 Å². The van der Waals surface area contributed by atoms with E-state index in [1.165, 1.54) is 6.20 Å². The van der Waals surface area contributed by atoms with Crippen LogP contribution in [0.15, 0.2) is 42.7 Å². The number of imidazole rings is 1. The minimum absolute atomic E-state index is 0.219. The van der Waals surface area contributed by atoms with Gasteiger partial charge >= 0.3 is 11.8 Å². The van der Waals surface area contributed by atoms with Gasteiger partial charge in [0.05, 0.1) is 19.3 Å². The highest BCUT2D eigenvalue weighted by atomic mass is 16.6. The molecule has 1 aliphatic heterocycles. The summed E-state index contributed by atoms with van der Waals surface area (Å²) < 4.78 is 14.7. The third-order valence-corrected chi connectivity index (χ3v) is 3.97. The number of para-hydroxylation sites is 1. The topological polar surface area (TPSA) is 110 Å². The summed E-state index contributed by atoms with van der Waals surface area (Å²) >= 11 is 0. The lowest BCUT2D eigenvalue weighted by Crippen LogP contribution is -2.36. The Hall–Kier alpha value is -3.43. The third kappa shape index (κ3) is 3.21. The first kappa shape index (κ1) is 16.1. The van der Waals surface area contributed by atoms with Gasteiger partial charge in [0.2, 0.25) is 0 Å². The minimum Gasteiger partial charge on any atom is -0.487 e. The summed E-state index contributed by atoms with van der Waals surface area (Å²) in [6.07, 6.45) is 3.17. The van der Waals surface area contributed by atoms with Gasteiger partial charge in [0.15, 0.2) is 0 Å². The fourth-order valence-electron chi connectivity index (χ4n) is 2.86. The summed E-state index contributed by atoms with van der Waals surface area (Å²) in [7, 11) is 0. The lowest BCUT2D eigenvalue weighted by molar-refractivity contribution is -0.389. The van der Waals surface area contributed by atoms with Crippen LogP contribution in [0.3, 0.4) is 0 Å². The van der Waals surface area contributed by atoms with Crippen LogP contribution in [0.5, 0.6) is 11.8 Å². The second-order valence-corrected chi connectivity index (χ2v) is 6.33. The number of aromatic nitrogens is 5. The van der Waals surface area contributed by atoms with Crippen LogP contribution in [0.4, 0.5) is 5.82 Å². The minimum atomic E-state index is -0.608. The Kier molecular flexibility index (Phi) is 3.79. The van der Waals surface area contributed by atoms with Crippen LogP contribution >= 0.6 is 0 Å². The van der Waals surface area contributed by atoms with Crippen LogP contribution in [-0.2, 0) is 19.7 Å². The Balaban J connectivity index is 1.38. The van der Waals surface area contributed by atoms with E-state index in [0.29, 0.717) is 25.4 Å². The summed E-state index contributed by atoms with van der Waals surface area (Å²) in [5.41, 5.74) is 0.0896. The Morgan fingerprint density at radius 2 is 2.15 bits per heavy atom. The highest BCUT2D eigenvalue weighted by Crippen LogP contribution is 2.31. The summed E-state index contributed by atoms with van der Waals surface area (Å²) in [5.74, 6) is 0.545. The van der Waals surface area contributed by atoms with Gasteiger partial charge < -0.3 is 19.6 Å². The van der Waals surface area contributed by atoms with Crippen molar-refractivity contribution in [1.29, 1.82) is 0 Å². The highest BCUT2D eigenvalue weighted by Gasteiger charge is 2.40. The molecule has 26 heavy (non-hydrogen) atoms. The number of ether oxygens (including phenoxy) is 2. The number of benzene rings is 1. The van der Waals surface area contributed by atoms with Crippen molar-refractivity contribution < 1.29 is 14.4 Å². The third-order valence-electron chi connectivity index (χ3n) is 3.97. The monoisotopic (exact) mass is 356 g/mol. The number of nitro groups is 1. The molecule has 0 bridgehead atoms. The Bertz CT molecular complexity index is 912. The zero-order chi connectivity index (χ0) is 18.1. The quantitative estimate of drug-likeness (QED) is 0.489. The molecule has 4 rings (SSSR count). The van der Waals surface area contributed by atoms with E-state index in [2.05, 4.69) is 15.3 Å². The molecule has 134 valence electrons. The van der Waals surface area contributed by atoms with Crippen molar-refractivity contribution in [2.75, 3.05) is 0 Å². The summed E-state index contributed by atoms with van der Waals surface area (Å²) in [6.45, 7) is 3.09. The fraction of sp³-hybridized carbons (Fsp3) is 0.312. The number of hydrogen-bond acceptors (Lipinski definition) is 7. The molecule has 0 fully saturated rings. The standard InChI is InChI=1S/C16H16N6O4/c1-16(10-20-8-14(22(23)24)17-15(20)26-16)11-21-7-12(18-19-21)9-25-13-5-3-2-4-6-13/h2-8H,9-11H2,1H3. The van der Waals surface area contributed by atoms with Gasteiger partial charge in [-0.2, -0.15) is 0 Å². The van der Waals surface area contributed by atoms with E-state index in [-0.39, 0.29) is 11.8 Å². The van der Waals surface area contributed by atoms with Gasteiger partial charge in [-0.25, -0.2) is 4.68 Å². The summed E-state index contributed by atoms with van der Waals surface area (Å²) in [6, 6.07) is 9.71. The molecule has 10 nitrogen and oxygen atoms in total. The molecular formula is C16H16N6O4. The number of fused-ring (bicyclic) bond motifs is 1. The molecule has 0 N–H and O–H groups in total. The van der Waals surface area contributed by atoms with Gasteiger partial charge in [-0.3, -0.25) is 4.57 Å². The maximum absolute atomic E-state index is 10.8. The summed E-state index contributed by atoms with van der Waals surface area (Å²) in [5, 5.41) is 19.0. The Labute approximate surface area is 148 Å². The van der Waals surface area contributed by atoms with Crippen LogP contribution in [0, 0.1) is 10.1 Å². The van der Waals surface area contributed by atoms with Gasteiger partial charge in [-0.15, -0.1) is 5.10 Å². The molecule has 0 spiro atoms. The predicted molar refractivity (Wildman–Crippen MR) is 88.7 cm³/mol. The van der Waals surface area contributed by atoms with Crippen LogP contribution < -0.4 is 9.47 Å².